The molecule has 0 saturated carbocycles. The number of carbonyl (C=O) groups excluding carboxylic acids is 1. The Kier molecular flexibility index (Phi) is 6.20. The monoisotopic (exact) mass is 396 g/mol. The summed E-state index contributed by atoms with van der Waals surface area (Å²) in [6.45, 7) is 3.29. The number of benzene rings is 2. The van der Waals surface area contributed by atoms with E-state index in [1.807, 2.05) is 42.5 Å². The van der Waals surface area contributed by atoms with E-state index in [0.29, 0.717) is 26.1 Å². The molecule has 2 aromatic rings. The fourth-order valence-electron chi connectivity index (χ4n) is 3.64. The molecule has 0 aromatic heterocycles. The molecule has 0 aliphatic carbocycles. The maximum absolute atomic E-state index is 12.3. The molecule has 1 fully saturated rings. The zero-order chi connectivity index (χ0) is 20.1. The highest BCUT2D eigenvalue weighted by atomic mass is 16.6. The molecule has 4 rings (SSSR count). The molecule has 0 radical (unpaired) electrons. The van der Waals surface area contributed by atoms with Crippen molar-refractivity contribution in [2.45, 2.75) is 31.8 Å². The minimum atomic E-state index is -0.0103. The van der Waals surface area contributed by atoms with Gasteiger partial charge in [-0.3, -0.25) is 4.79 Å². The Hall–Kier alpha value is -2.73. The maximum Gasteiger partial charge on any atom is 0.224 e. The molecule has 6 nitrogen and oxygen atoms in total. The van der Waals surface area contributed by atoms with Crippen LogP contribution < -0.4 is 19.5 Å². The van der Waals surface area contributed by atoms with Crippen LogP contribution in [0.25, 0.3) is 0 Å². The average Bonchev–Trinajstić information content (AvgIpc) is 2.75. The first-order valence-electron chi connectivity index (χ1n) is 10.3. The number of fused-ring (bicyclic) bond motifs is 1. The van der Waals surface area contributed by atoms with E-state index in [1.54, 1.807) is 0 Å². The van der Waals surface area contributed by atoms with Gasteiger partial charge < -0.3 is 24.4 Å². The number of carbonyl (C=O) groups is 1. The van der Waals surface area contributed by atoms with Gasteiger partial charge in [0, 0.05) is 25.2 Å². The molecule has 2 aliphatic rings. The van der Waals surface area contributed by atoms with Crippen LogP contribution in [-0.2, 0) is 11.2 Å². The predicted molar refractivity (Wildman–Crippen MR) is 112 cm³/mol. The number of piperidine rings is 1. The molecule has 0 atom stereocenters. The molecule has 154 valence electrons. The van der Waals surface area contributed by atoms with Crippen molar-refractivity contribution in [3.8, 4) is 17.2 Å². The third-order valence-corrected chi connectivity index (χ3v) is 5.35. The minimum Gasteiger partial charge on any atom is -0.490 e. The summed E-state index contributed by atoms with van der Waals surface area (Å²) < 4.78 is 17.2. The molecule has 0 spiro atoms. The largest absolute Gasteiger partial charge is 0.490 e. The van der Waals surface area contributed by atoms with Crippen LogP contribution in [0.2, 0.25) is 0 Å². The zero-order valence-electron chi connectivity index (χ0n) is 16.9. The second-order valence-corrected chi connectivity index (χ2v) is 7.67. The standard InChI is InChI=1S/C23H28N2O4/c1-25-12-10-20(11-13-25)29-19-6-4-18(5-7-19)24-23(26)9-3-17-2-8-21-22(16-17)28-15-14-27-21/h2,4-8,16,20H,3,9-15H2,1H3,(H,24,26). The Morgan fingerprint density at radius 1 is 1.07 bits per heavy atom. The Morgan fingerprint density at radius 3 is 2.55 bits per heavy atom. The number of nitrogens with zero attached hydrogens (tertiary/aromatic N) is 1. The SMILES string of the molecule is CN1CCC(Oc2ccc(NC(=O)CCc3ccc4c(c3)OCCO4)cc2)CC1. The maximum atomic E-state index is 12.3. The van der Waals surface area contributed by atoms with Crippen LogP contribution in [0.5, 0.6) is 17.2 Å². The van der Waals surface area contributed by atoms with Gasteiger partial charge in [0.2, 0.25) is 5.91 Å². The van der Waals surface area contributed by atoms with Gasteiger partial charge in [0.15, 0.2) is 11.5 Å². The molecular formula is C23H28N2O4. The lowest BCUT2D eigenvalue weighted by atomic mass is 10.1. The van der Waals surface area contributed by atoms with Crippen LogP contribution >= 0.6 is 0 Å². The van der Waals surface area contributed by atoms with E-state index < -0.39 is 0 Å². The fraction of sp³-hybridized carbons (Fsp3) is 0.435. The topological polar surface area (TPSA) is 60.0 Å². The number of anilines is 1. The molecule has 2 heterocycles. The summed E-state index contributed by atoms with van der Waals surface area (Å²) >= 11 is 0. The van der Waals surface area contributed by atoms with Gasteiger partial charge in [0.05, 0.1) is 0 Å². The summed E-state index contributed by atoms with van der Waals surface area (Å²) in [5.41, 5.74) is 1.85. The molecular weight excluding hydrogens is 368 g/mol. The number of hydrogen-bond acceptors (Lipinski definition) is 5. The fourth-order valence-corrected chi connectivity index (χ4v) is 3.64. The van der Waals surface area contributed by atoms with Crippen LogP contribution in [0, 0.1) is 0 Å². The van der Waals surface area contributed by atoms with Crippen molar-refractivity contribution in [2.24, 2.45) is 0 Å². The second kappa shape index (κ2) is 9.18. The van der Waals surface area contributed by atoms with Gasteiger partial charge in [-0.25, -0.2) is 0 Å². The Balaban J connectivity index is 1.24. The number of ether oxygens (including phenoxy) is 3. The van der Waals surface area contributed by atoms with Crippen LogP contribution in [0.15, 0.2) is 42.5 Å². The molecule has 1 amide bonds. The summed E-state index contributed by atoms with van der Waals surface area (Å²) in [6.07, 6.45) is 3.44. The summed E-state index contributed by atoms with van der Waals surface area (Å²) in [7, 11) is 2.14. The lowest BCUT2D eigenvalue weighted by Gasteiger charge is -2.29. The Morgan fingerprint density at radius 2 is 1.79 bits per heavy atom. The van der Waals surface area contributed by atoms with E-state index in [0.717, 1.165) is 54.4 Å². The molecule has 2 aliphatic heterocycles. The van der Waals surface area contributed by atoms with Gasteiger partial charge in [-0.2, -0.15) is 0 Å². The van der Waals surface area contributed by atoms with Gasteiger partial charge in [-0.1, -0.05) is 6.07 Å². The molecule has 1 saturated heterocycles. The summed E-state index contributed by atoms with van der Waals surface area (Å²) in [5, 5.41) is 2.95. The summed E-state index contributed by atoms with van der Waals surface area (Å²) in [5.74, 6) is 2.37. The number of amides is 1. The van der Waals surface area contributed by atoms with Gasteiger partial charge >= 0.3 is 0 Å². The van der Waals surface area contributed by atoms with E-state index in [1.165, 1.54) is 0 Å². The van der Waals surface area contributed by atoms with Gasteiger partial charge in [-0.15, -0.1) is 0 Å². The smallest absolute Gasteiger partial charge is 0.224 e. The number of aryl methyl sites for hydroxylation is 1. The van der Waals surface area contributed by atoms with Crippen molar-refractivity contribution < 1.29 is 19.0 Å². The third-order valence-electron chi connectivity index (χ3n) is 5.35. The van der Waals surface area contributed by atoms with Crippen molar-refractivity contribution in [3.05, 3.63) is 48.0 Å². The second-order valence-electron chi connectivity index (χ2n) is 7.67. The van der Waals surface area contributed by atoms with Crippen molar-refractivity contribution >= 4 is 11.6 Å². The normalized spacial score (nSPS) is 17.0. The molecule has 0 unspecified atom stereocenters. The highest BCUT2D eigenvalue weighted by molar-refractivity contribution is 5.90. The van der Waals surface area contributed by atoms with Gasteiger partial charge in [0.25, 0.3) is 0 Å². The van der Waals surface area contributed by atoms with Crippen LogP contribution in [0.1, 0.15) is 24.8 Å². The summed E-state index contributed by atoms with van der Waals surface area (Å²) in [6, 6.07) is 13.5. The highest BCUT2D eigenvalue weighted by Crippen LogP contribution is 2.31. The van der Waals surface area contributed by atoms with Gasteiger partial charge in [0.1, 0.15) is 25.1 Å². The van der Waals surface area contributed by atoms with E-state index in [2.05, 4.69) is 17.3 Å². The zero-order valence-corrected chi connectivity index (χ0v) is 16.9. The van der Waals surface area contributed by atoms with Crippen LogP contribution in [0.3, 0.4) is 0 Å². The number of likely N-dealkylation sites (tertiary alicyclic amines) is 1. The van der Waals surface area contributed by atoms with Crippen molar-refractivity contribution in [3.63, 3.8) is 0 Å². The lowest BCUT2D eigenvalue weighted by molar-refractivity contribution is -0.116. The number of nitrogens with one attached hydrogen (secondary N) is 1. The average molecular weight is 396 g/mol. The third kappa shape index (κ3) is 5.41. The van der Waals surface area contributed by atoms with Crippen LogP contribution in [-0.4, -0.2) is 50.3 Å². The van der Waals surface area contributed by atoms with E-state index >= 15 is 0 Å². The van der Waals surface area contributed by atoms with Crippen molar-refractivity contribution in [1.82, 2.24) is 4.90 Å². The molecule has 6 heteroatoms. The molecule has 1 N–H and O–H groups in total. The minimum absolute atomic E-state index is 0.0103. The van der Waals surface area contributed by atoms with Crippen LogP contribution in [0.4, 0.5) is 5.69 Å². The van der Waals surface area contributed by atoms with Crippen molar-refractivity contribution in [2.75, 3.05) is 38.7 Å². The molecule has 0 bridgehead atoms. The predicted octanol–water partition coefficient (Wildman–Crippen LogP) is 3.50. The van der Waals surface area contributed by atoms with E-state index in [-0.39, 0.29) is 12.0 Å². The van der Waals surface area contributed by atoms with Crippen molar-refractivity contribution in [1.29, 1.82) is 0 Å². The lowest BCUT2D eigenvalue weighted by Crippen LogP contribution is -2.35. The quantitative estimate of drug-likeness (QED) is 0.810. The Bertz CT molecular complexity index is 829. The first kappa shape index (κ1) is 19.6. The Labute approximate surface area is 171 Å². The molecule has 29 heavy (non-hydrogen) atoms. The highest BCUT2D eigenvalue weighted by Gasteiger charge is 2.18. The first-order chi connectivity index (χ1) is 14.2. The summed E-state index contributed by atoms with van der Waals surface area (Å²) in [4.78, 5) is 14.6. The number of rotatable bonds is 6. The van der Waals surface area contributed by atoms with E-state index in [9.17, 15) is 4.79 Å². The number of hydrogen-bond donors (Lipinski definition) is 1. The first-order valence-corrected chi connectivity index (χ1v) is 10.3. The molecule has 2 aromatic carbocycles. The van der Waals surface area contributed by atoms with E-state index in [4.69, 9.17) is 14.2 Å². The van der Waals surface area contributed by atoms with Gasteiger partial charge in [-0.05, 0) is 68.3 Å².